The molecule has 0 fully saturated rings. The van der Waals surface area contributed by atoms with Crippen LogP contribution >= 0.6 is 0 Å². The second kappa shape index (κ2) is 4.24. The van der Waals surface area contributed by atoms with Gasteiger partial charge in [0.05, 0.1) is 7.11 Å². The largest absolute Gasteiger partial charge is 0.327 e. The molecule has 0 aliphatic rings. The van der Waals surface area contributed by atoms with E-state index in [-0.39, 0.29) is 11.9 Å². The summed E-state index contributed by atoms with van der Waals surface area (Å²) >= 11 is 0. The molecule has 1 amide bonds. The molecule has 0 aliphatic carbocycles. The molecule has 0 bridgehead atoms. The number of nitrogens with two attached hydrogens (primary N) is 1. The molecular formula is C6H14N2O2. The highest BCUT2D eigenvalue weighted by molar-refractivity contribution is 5.75. The lowest BCUT2D eigenvalue weighted by Crippen LogP contribution is -2.30. The summed E-state index contributed by atoms with van der Waals surface area (Å²) in [5, 5.41) is 1.17. The summed E-state index contributed by atoms with van der Waals surface area (Å²) < 4.78 is 0. The number of rotatable bonds is 3. The Hall–Kier alpha value is -0.610. The Morgan fingerprint density at radius 3 is 2.60 bits per heavy atom. The van der Waals surface area contributed by atoms with Gasteiger partial charge < -0.3 is 5.73 Å². The SMILES string of the molecule is CON(C)C(=O)CC(C)N. The quantitative estimate of drug-likeness (QED) is 0.558. The highest BCUT2D eigenvalue weighted by atomic mass is 16.7. The van der Waals surface area contributed by atoms with E-state index in [1.54, 1.807) is 14.0 Å². The third-order valence-corrected chi connectivity index (χ3v) is 1.12. The Labute approximate surface area is 60.9 Å². The van der Waals surface area contributed by atoms with Crippen molar-refractivity contribution in [3.63, 3.8) is 0 Å². The van der Waals surface area contributed by atoms with Crippen molar-refractivity contribution in [2.75, 3.05) is 14.2 Å². The van der Waals surface area contributed by atoms with Crippen molar-refractivity contribution in [2.45, 2.75) is 19.4 Å². The van der Waals surface area contributed by atoms with Crippen molar-refractivity contribution in [3.8, 4) is 0 Å². The molecule has 0 spiro atoms. The summed E-state index contributed by atoms with van der Waals surface area (Å²) in [6.07, 6.45) is 0.324. The topological polar surface area (TPSA) is 55.6 Å². The molecule has 4 nitrogen and oxygen atoms in total. The minimum absolute atomic E-state index is 0.0995. The molecule has 60 valence electrons. The fourth-order valence-corrected chi connectivity index (χ4v) is 0.506. The van der Waals surface area contributed by atoms with E-state index < -0.39 is 0 Å². The van der Waals surface area contributed by atoms with Gasteiger partial charge in [-0.1, -0.05) is 0 Å². The van der Waals surface area contributed by atoms with E-state index in [4.69, 9.17) is 5.73 Å². The summed E-state index contributed by atoms with van der Waals surface area (Å²) in [6.45, 7) is 1.78. The van der Waals surface area contributed by atoms with Gasteiger partial charge in [0.2, 0.25) is 5.91 Å². The zero-order chi connectivity index (χ0) is 8.15. The number of hydrogen-bond acceptors (Lipinski definition) is 3. The van der Waals surface area contributed by atoms with E-state index in [1.165, 1.54) is 12.2 Å². The minimum atomic E-state index is -0.106. The number of nitrogens with zero attached hydrogens (tertiary/aromatic N) is 1. The Bertz CT molecular complexity index is 114. The average Bonchev–Trinajstić information content (AvgIpc) is 1.85. The van der Waals surface area contributed by atoms with Crippen LogP contribution in [0.2, 0.25) is 0 Å². The minimum Gasteiger partial charge on any atom is -0.327 e. The van der Waals surface area contributed by atoms with Crippen LogP contribution in [0.3, 0.4) is 0 Å². The molecule has 4 heteroatoms. The van der Waals surface area contributed by atoms with Crippen molar-refractivity contribution >= 4 is 5.91 Å². The fraction of sp³-hybridized carbons (Fsp3) is 0.833. The average molecular weight is 146 g/mol. The molecule has 0 radical (unpaired) electrons. The van der Waals surface area contributed by atoms with Crippen molar-refractivity contribution in [1.82, 2.24) is 5.06 Å². The molecule has 0 aliphatic heterocycles. The Morgan fingerprint density at radius 2 is 2.30 bits per heavy atom. The molecule has 0 heterocycles. The number of hydrogen-bond donors (Lipinski definition) is 1. The van der Waals surface area contributed by atoms with Crippen LogP contribution in [0, 0.1) is 0 Å². The van der Waals surface area contributed by atoms with Gasteiger partial charge in [-0.15, -0.1) is 0 Å². The van der Waals surface area contributed by atoms with Gasteiger partial charge in [0.1, 0.15) is 0 Å². The van der Waals surface area contributed by atoms with Gasteiger partial charge in [-0.05, 0) is 6.92 Å². The van der Waals surface area contributed by atoms with Gasteiger partial charge in [0, 0.05) is 19.5 Å². The molecule has 0 saturated carbocycles. The van der Waals surface area contributed by atoms with Crippen molar-refractivity contribution in [3.05, 3.63) is 0 Å². The van der Waals surface area contributed by atoms with E-state index in [0.717, 1.165) is 0 Å². The zero-order valence-electron chi connectivity index (χ0n) is 6.63. The van der Waals surface area contributed by atoms with Crippen LogP contribution in [0.15, 0.2) is 0 Å². The smallest absolute Gasteiger partial charge is 0.247 e. The van der Waals surface area contributed by atoms with E-state index >= 15 is 0 Å². The van der Waals surface area contributed by atoms with E-state index in [2.05, 4.69) is 4.84 Å². The van der Waals surface area contributed by atoms with Gasteiger partial charge in [-0.3, -0.25) is 9.63 Å². The molecule has 1 unspecified atom stereocenters. The van der Waals surface area contributed by atoms with Crippen LogP contribution in [0.5, 0.6) is 0 Å². The molecule has 0 saturated heterocycles. The predicted molar refractivity (Wildman–Crippen MR) is 38.0 cm³/mol. The molecular weight excluding hydrogens is 132 g/mol. The second-order valence-electron chi connectivity index (χ2n) is 2.26. The Morgan fingerprint density at radius 1 is 1.80 bits per heavy atom. The van der Waals surface area contributed by atoms with Gasteiger partial charge >= 0.3 is 0 Å². The highest BCUT2D eigenvalue weighted by Crippen LogP contribution is 1.92. The monoisotopic (exact) mass is 146 g/mol. The Kier molecular flexibility index (Phi) is 3.99. The first kappa shape index (κ1) is 9.39. The van der Waals surface area contributed by atoms with E-state index in [9.17, 15) is 4.79 Å². The number of hydroxylamine groups is 2. The van der Waals surface area contributed by atoms with Gasteiger partial charge in [0.15, 0.2) is 0 Å². The van der Waals surface area contributed by atoms with Crippen LogP contribution in [0.4, 0.5) is 0 Å². The molecule has 2 N–H and O–H groups in total. The lowest BCUT2D eigenvalue weighted by molar-refractivity contribution is -0.168. The molecule has 0 aromatic heterocycles. The van der Waals surface area contributed by atoms with Gasteiger partial charge in [-0.2, -0.15) is 0 Å². The molecule has 0 aromatic rings. The van der Waals surface area contributed by atoms with Gasteiger partial charge in [-0.25, -0.2) is 5.06 Å². The van der Waals surface area contributed by atoms with Crippen LogP contribution < -0.4 is 5.73 Å². The summed E-state index contributed by atoms with van der Waals surface area (Å²) in [6, 6.07) is -0.106. The van der Waals surface area contributed by atoms with Crippen LogP contribution in [-0.4, -0.2) is 31.2 Å². The maximum Gasteiger partial charge on any atom is 0.247 e. The fourth-order valence-electron chi connectivity index (χ4n) is 0.506. The predicted octanol–water partition coefficient (Wildman–Crippen LogP) is -0.256. The third-order valence-electron chi connectivity index (χ3n) is 1.12. The Balaban J connectivity index is 3.62. The summed E-state index contributed by atoms with van der Waals surface area (Å²) in [7, 11) is 3.00. The first-order valence-corrected chi connectivity index (χ1v) is 3.14. The zero-order valence-corrected chi connectivity index (χ0v) is 6.63. The number of carbonyl (C=O) groups excluding carboxylic acids is 1. The maximum atomic E-state index is 10.9. The lowest BCUT2D eigenvalue weighted by atomic mass is 10.2. The number of amides is 1. The van der Waals surface area contributed by atoms with Crippen molar-refractivity contribution in [1.29, 1.82) is 0 Å². The molecule has 1 atom stereocenters. The molecule has 0 aromatic carbocycles. The van der Waals surface area contributed by atoms with Crippen LogP contribution in [0.25, 0.3) is 0 Å². The first-order chi connectivity index (χ1) is 4.57. The summed E-state index contributed by atoms with van der Waals surface area (Å²) in [5.74, 6) is -0.0995. The highest BCUT2D eigenvalue weighted by Gasteiger charge is 2.09. The summed E-state index contributed by atoms with van der Waals surface area (Å²) in [5.41, 5.74) is 5.38. The number of carbonyl (C=O) groups is 1. The van der Waals surface area contributed by atoms with Crippen molar-refractivity contribution < 1.29 is 9.63 Å². The van der Waals surface area contributed by atoms with E-state index in [1.807, 2.05) is 0 Å². The van der Waals surface area contributed by atoms with E-state index in [0.29, 0.717) is 6.42 Å². The lowest BCUT2D eigenvalue weighted by Gasteiger charge is -2.14. The molecule has 0 rings (SSSR count). The first-order valence-electron chi connectivity index (χ1n) is 3.14. The molecule has 10 heavy (non-hydrogen) atoms. The van der Waals surface area contributed by atoms with Crippen LogP contribution in [-0.2, 0) is 9.63 Å². The maximum absolute atomic E-state index is 10.9. The summed E-state index contributed by atoms with van der Waals surface area (Å²) in [4.78, 5) is 15.5. The second-order valence-corrected chi connectivity index (χ2v) is 2.26. The normalized spacial score (nSPS) is 12.8. The third kappa shape index (κ3) is 3.42. The van der Waals surface area contributed by atoms with Crippen LogP contribution in [0.1, 0.15) is 13.3 Å². The standard InChI is InChI=1S/C6H14N2O2/c1-5(7)4-6(9)8(2)10-3/h5H,4,7H2,1-3H3. The van der Waals surface area contributed by atoms with Gasteiger partial charge in [0.25, 0.3) is 0 Å². The van der Waals surface area contributed by atoms with Crippen molar-refractivity contribution in [2.24, 2.45) is 5.73 Å².